The van der Waals surface area contributed by atoms with E-state index in [0.29, 0.717) is 12.5 Å². The van der Waals surface area contributed by atoms with Gasteiger partial charge in [0.25, 0.3) is 0 Å². The first kappa shape index (κ1) is 14.5. The molecule has 1 fully saturated rings. The minimum Gasteiger partial charge on any atom is -0.340 e. The van der Waals surface area contributed by atoms with Crippen molar-refractivity contribution in [1.29, 1.82) is 0 Å². The van der Waals surface area contributed by atoms with Crippen molar-refractivity contribution >= 4 is 5.91 Å². The standard InChI is InChI=1S/C19H23N3O/c23-19(13-15-7-8-16-4-1-5-17(16)12-15)21-10-2-6-18(14-21)22-11-3-9-20-22/h3,7-9,11-12,18H,1-2,4-6,10,13-14H2/t18-/m0/s1. The molecule has 1 aromatic heterocycles. The van der Waals surface area contributed by atoms with Gasteiger partial charge < -0.3 is 4.90 Å². The number of amides is 1. The predicted octanol–water partition coefficient (Wildman–Crippen LogP) is 2.78. The number of hydrogen-bond acceptors (Lipinski definition) is 2. The second-order valence-corrected chi connectivity index (χ2v) is 6.76. The second-order valence-electron chi connectivity index (χ2n) is 6.76. The lowest BCUT2D eigenvalue weighted by molar-refractivity contribution is -0.132. The summed E-state index contributed by atoms with van der Waals surface area (Å²) in [6.45, 7) is 1.66. The first-order chi connectivity index (χ1) is 11.3. The summed E-state index contributed by atoms with van der Waals surface area (Å²) in [5, 5.41) is 4.34. The summed E-state index contributed by atoms with van der Waals surface area (Å²) < 4.78 is 1.99. The van der Waals surface area contributed by atoms with Crippen molar-refractivity contribution < 1.29 is 4.79 Å². The van der Waals surface area contributed by atoms with Crippen LogP contribution in [0.4, 0.5) is 0 Å². The Hall–Kier alpha value is -2.10. The Morgan fingerprint density at radius 1 is 1.22 bits per heavy atom. The van der Waals surface area contributed by atoms with Crippen LogP contribution in [0, 0.1) is 0 Å². The Balaban J connectivity index is 1.42. The number of aryl methyl sites for hydroxylation is 2. The molecular formula is C19H23N3O. The van der Waals surface area contributed by atoms with Gasteiger partial charge in [-0.05, 0) is 54.9 Å². The number of likely N-dealkylation sites (tertiary alicyclic amines) is 1. The van der Waals surface area contributed by atoms with Crippen LogP contribution in [0.15, 0.2) is 36.7 Å². The molecule has 2 heterocycles. The minimum absolute atomic E-state index is 0.250. The van der Waals surface area contributed by atoms with E-state index in [-0.39, 0.29) is 5.91 Å². The van der Waals surface area contributed by atoms with E-state index in [1.165, 1.54) is 30.4 Å². The molecule has 1 aliphatic carbocycles. The molecule has 4 rings (SSSR count). The Bertz CT molecular complexity index is 693. The first-order valence-electron chi connectivity index (χ1n) is 8.67. The van der Waals surface area contributed by atoms with Gasteiger partial charge in [0.2, 0.25) is 5.91 Å². The van der Waals surface area contributed by atoms with Crippen molar-refractivity contribution in [2.24, 2.45) is 0 Å². The number of carbonyl (C=O) groups is 1. The van der Waals surface area contributed by atoms with Gasteiger partial charge in [-0.2, -0.15) is 5.10 Å². The van der Waals surface area contributed by atoms with Gasteiger partial charge in [0.15, 0.2) is 0 Å². The highest BCUT2D eigenvalue weighted by Crippen LogP contribution is 2.24. The number of nitrogens with zero attached hydrogens (tertiary/aromatic N) is 3. The Morgan fingerprint density at radius 2 is 2.13 bits per heavy atom. The van der Waals surface area contributed by atoms with Crippen LogP contribution in [0.2, 0.25) is 0 Å². The van der Waals surface area contributed by atoms with Crippen molar-refractivity contribution in [2.45, 2.75) is 44.6 Å². The molecule has 2 aliphatic rings. The fourth-order valence-electron chi connectivity index (χ4n) is 3.92. The lowest BCUT2D eigenvalue weighted by Gasteiger charge is -2.33. The number of fused-ring (bicyclic) bond motifs is 1. The van der Waals surface area contributed by atoms with E-state index in [9.17, 15) is 4.79 Å². The molecule has 23 heavy (non-hydrogen) atoms. The van der Waals surface area contributed by atoms with Crippen molar-refractivity contribution in [2.75, 3.05) is 13.1 Å². The average Bonchev–Trinajstić information content (AvgIpc) is 3.26. The first-order valence-corrected chi connectivity index (χ1v) is 8.67. The number of carbonyl (C=O) groups excluding carboxylic acids is 1. The Kier molecular flexibility index (Phi) is 3.90. The smallest absolute Gasteiger partial charge is 0.227 e. The van der Waals surface area contributed by atoms with Gasteiger partial charge >= 0.3 is 0 Å². The molecule has 0 radical (unpaired) electrons. The molecular weight excluding hydrogens is 286 g/mol. The number of benzene rings is 1. The summed E-state index contributed by atoms with van der Waals surface area (Å²) in [6.07, 6.45) is 10.1. The fourth-order valence-corrected chi connectivity index (χ4v) is 3.92. The van der Waals surface area contributed by atoms with Crippen LogP contribution in [0.25, 0.3) is 0 Å². The molecule has 1 atom stereocenters. The van der Waals surface area contributed by atoms with Gasteiger partial charge in [0, 0.05) is 25.5 Å². The maximum Gasteiger partial charge on any atom is 0.227 e. The maximum absolute atomic E-state index is 12.7. The number of piperidine rings is 1. The molecule has 4 nitrogen and oxygen atoms in total. The van der Waals surface area contributed by atoms with E-state index < -0.39 is 0 Å². The third-order valence-electron chi connectivity index (χ3n) is 5.17. The van der Waals surface area contributed by atoms with Crippen LogP contribution < -0.4 is 0 Å². The predicted molar refractivity (Wildman–Crippen MR) is 89.2 cm³/mol. The van der Waals surface area contributed by atoms with E-state index >= 15 is 0 Å². The molecule has 1 amide bonds. The van der Waals surface area contributed by atoms with Crippen molar-refractivity contribution in [3.8, 4) is 0 Å². The highest BCUT2D eigenvalue weighted by atomic mass is 16.2. The van der Waals surface area contributed by atoms with E-state index in [2.05, 4.69) is 23.3 Å². The Morgan fingerprint density at radius 3 is 3.00 bits per heavy atom. The summed E-state index contributed by atoms with van der Waals surface area (Å²) in [4.78, 5) is 14.7. The fraction of sp³-hybridized carbons (Fsp3) is 0.474. The zero-order chi connectivity index (χ0) is 15.6. The summed E-state index contributed by atoms with van der Waals surface area (Å²) in [6, 6.07) is 8.87. The van der Waals surface area contributed by atoms with Gasteiger partial charge in [0.1, 0.15) is 0 Å². The Labute approximate surface area is 137 Å². The van der Waals surface area contributed by atoms with Gasteiger partial charge in [-0.25, -0.2) is 0 Å². The molecule has 1 aromatic carbocycles. The highest BCUT2D eigenvalue weighted by Gasteiger charge is 2.25. The van der Waals surface area contributed by atoms with Gasteiger partial charge in [0.05, 0.1) is 12.5 Å². The van der Waals surface area contributed by atoms with Crippen molar-refractivity contribution in [3.63, 3.8) is 0 Å². The largest absolute Gasteiger partial charge is 0.340 e. The quantitative estimate of drug-likeness (QED) is 0.874. The lowest BCUT2D eigenvalue weighted by Crippen LogP contribution is -2.41. The van der Waals surface area contributed by atoms with E-state index in [0.717, 1.165) is 31.5 Å². The summed E-state index contributed by atoms with van der Waals surface area (Å²) >= 11 is 0. The van der Waals surface area contributed by atoms with Crippen LogP contribution in [0.5, 0.6) is 0 Å². The molecule has 1 aliphatic heterocycles. The summed E-state index contributed by atoms with van der Waals surface area (Å²) in [5.41, 5.74) is 4.08. The van der Waals surface area contributed by atoms with E-state index in [4.69, 9.17) is 0 Å². The maximum atomic E-state index is 12.7. The molecule has 2 aromatic rings. The van der Waals surface area contributed by atoms with Crippen molar-refractivity contribution in [1.82, 2.24) is 14.7 Å². The second kappa shape index (κ2) is 6.19. The molecule has 0 saturated carbocycles. The lowest BCUT2D eigenvalue weighted by atomic mass is 10.0. The van der Waals surface area contributed by atoms with E-state index in [1.807, 2.05) is 28.0 Å². The molecule has 0 unspecified atom stereocenters. The zero-order valence-corrected chi connectivity index (χ0v) is 13.4. The minimum atomic E-state index is 0.250. The van der Waals surface area contributed by atoms with Crippen molar-refractivity contribution in [3.05, 3.63) is 53.3 Å². The molecule has 4 heteroatoms. The normalized spacial score (nSPS) is 20.5. The van der Waals surface area contributed by atoms with Gasteiger partial charge in [-0.15, -0.1) is 0 Å². The molecule has 1 saturated heterocycles. The summed E-state index contributed by atoms with van der Waals surface area (Å²) in [7, 11) is 0. The monoisotopic (exact) mass is 309 g/mol. The number of rotatable bonds is 3. The number of hydrogen-bond donors (Lipinski definition) is 0. The molecule has 0 spiro atoms. The van der Waals surface area contributed by atoms with Crippen LogP contribution in [-0.2, 0) is 24.1 Å². The SMILES string of the molecule is O=C(Cc1ccc2c(c1)CCC2)N1CCC[C@H](n2cccn2)C1. The van der Waals surface area contributed by atoms with Crippen LogP contribution in [0.1, 0.15) is 42.0 Å². The average molecular weight is 309 g/mol. The van der Waals surface area contributed by atoms with Gasteiger partial charge in [-0.3, -0.25) is 9.48 Å². The zero-order valence-electron chi connectivity index (χ0n) is 13.4. The third kappa shape index (κ3) is 3.03. The highest BCUT2D eigenvalue weighted by molar-refractivity contribution is 5.79. The van der Waals surface area contributed by atoms with Crippen LogP contribution in [0.3, 0.4) is 0 Å². The summed E-state index contributed by atoms with van der Waals surface area (Å²) in [5.74, 6) is 0.250. The molecule has 0 bridgehead atoms. The van der Waals surface area contributed by atoms with E-state index in [1.54, 1.807) is 0 Å². The molecule has 120 valence electrons. The van der Waals surface area contributed by atoms with Gasteiger partial charge in [-0.1, -0.05) is 18.2 Å². The topological polar surface area (TPSA) is 38.1 Å². The van der Waals surface area contributed by atoms with Crippen LogP contribution in [-0.4, -0.2) is 33.7 Å². The number of aromatic nitrogens is 2. The third-order valence-corrected chi connectivity index (χ3v) is 5.17. The molecule has 0 N–H and O–H groups in total. The van der Waals surface area contributed by atoms with Crippen LogP contribution >= 0.6 is 0 Å².